The quantitative estimate of drug-likeness (QED) is 0.584. The Hall–Kier alpha value is -3.71. The van der Waals surface area contributed by atoms with Gasteiger partial charge in [0.2, 0.25) is 5.91 Å². The zero-order chi connectivity index (χ0) is 23.2. The van der Waals surface area contributed by atoms with E-state index in [2.05, 4.69) is 15.6 Å². The maximum Gasteiger partial charge on any atom is 0.255 e. The number of likely N-dealkylation sites (tertiary alicyclic amines) is 1. The Morgan fingerprint density at radius 1 is 0.909 bits per heavy atom. The Kier molecular flexibility index (Phi) is 7.00. The molecule has 168 valence electrons. The lowest BCUT2D eigenvalue weighted by Gasteiger charge is -2.32. The summed E-state index contributed by atoms with van der Waals surface area (Å²) >= 11 is 5.91. The molecule has 1 atom stereocenters. The Labute approximate surface area is 196 Å². The number of aromatic nitrogens is 1. The normalized spacial score (nSPS) is 15.5. The molecule has 8 heteroatoms. The highest BCUT2D eigenvalue weighted by Gasteiger charge is 2.29. The Morgan fingerprint density at radius 2 is 1.67 bits per heavy atom. The average Bonchev–Trinajstić information content (AvgIpc) is 2.85. The van der Waals surface area contributed by atoms with Crippen molar-refractivity contribution in [1.29, 1.82) is 0 Å². The largest absolute Gasteiger partial charge is 0.338 e. The summed E-state index contributed by atoms with van der Waals surface area (Å²) in [5.74, 6) is -0.895. The third kappa shape index (κ3) is 5.75. The number of hydrogen-bond acceptors (Lipinski definition) is 4. The van der Waals surface area contributed by atoms with Crippen molar-refractivity contribution in [2.24, 2.45) is 5.92 Å². The number of nitrogens with one attached hydrogen (secondary N) is 2. The predicted molar refractivity (Wildman–Crippen MR) is 127 cm³/mol. The third-order valence-corrected chi connectivity index (χ3v) is 5.75. The molecular formula is C25H23ClN4O3. The molecule has 1 aliphatic rings. The fourth-order valence-electron chi connectivity index (χ4n) is 3.77. The third-order valence-electron chi connectivity index (χ3n) is 5.50. The summed E-state index contributed by atoms with van der Waals surface area (Å²) in [4.78, 5) is 43.9. The maximum absolute atomic E-state index is 12.9. The first kappa shape index (κ1) is 22.5. The minimum absolute atomic E-state index is 0.112. The van der Waals surface area contributed by atoms with Crippen molar-refractivity contribution in [3.63, 3.8) is 0 Å². The number of amides is 3. The van der Waals surface area contributed by atoms with Gasteiger partial charge in [0.1, 0.15) is 0 Å². The second-order valence-electron chi connectivity index (χ2n) is 7.86. The fourth-order valence-corrected chi connectivity index (χ4v) is 3.90. The van der Waals surface area contributed by atoms with Crippen molar-refractivity contribution in [1.82, 2.24) is 9.88 Å². The molecule has 1 aromatic heterocycles. The topological polar surface area (TPSA) is 91.4 Å². The van der Waals surface area contributed by atoms with Gasteiger partial charge in [0.15, 0.2) is 0 Å². The lowest BCUT2D eigenvalue weighted by Crippen LogP contribution is -2.43. The van der Waals surface area contributed by atoms with E-state index in [1.165, 1.54) is 0 Å². The molecule has 33 heavy (non-hydrogen) atoms. The van der Waals surface area contributed by atoms with Crippen LogP contribution in [0.3, 0.4) is 0 Å². The summed E-state index contributed by atoms with van der Waals surface area (Å²) in [5, 5.41) is 6.26. The van der Waals surface area contributed by atoms with Gasteiger partial charge in [-0.1, -0.05) is 17.7 Å². The molecule has 1 fully saturated rings. The molecule has 4 rings (SSSR count). The number of nitrogens with zero attached hydrogens (tertiary/aromatic N) is 2. The van der Waals surface area contributed by atoms with E-state index in [4.69, 9.17) is 11.6 Å². The van der Waals surface area contributed by atoms with Crippen molar-refractivity contribution in [3.05, 3.63) is 89.2 Å². The summed E-state index contributed by atoms with van der Waals surface area (Å²) in [6.07, 6.45) is 4.62. The first-order valence-corrected chi connectivity index (χ1v) is 11.0. The zero-order valence-electron chi connectivity index (χ0n) is 17.8. The van der Waals surface area contributed by atoms with Crippen LogP contribution in [0, 0.1) is 5.92 Å². The molecule has 2 N–H and O–H groups in total. The molecule has 0 bridgehead atoms. The van der Waals surface area contributed by atoms with E-state index in [1.807, 2.05) is 0 Å². The van der Waals surface area contributed by atoms with Crippen LogP contribution in [0.5, 0.6) is 0 Å². The van der Waals surface area contributed by atoms with Crippen LogP contribution in [0.4, 0.5) is 11.4 Å². The first-order chi connectivity index (χ1) is 16.0. The highest BCUT2D eigenvalue weighted by molar-refractivity contribution is 6.30. The molecule has 1 unspecified atom stereocenters. The summed E-state index contributed by atoms with van der Waals surface area (Å²) in [7, 11) is 0. The average molecular weight is 463 g/mol. The molecule has 0 radical (unpaired) electrons. The molecule has 7 nitrogen and oxygen atoms in total. The number of rotatable bonds is 5. The van der Waals surface area contributed by atoms with Crippen molar-refractivity contribution >= 4 is 40.7 Å². The standard InChI is InChI=1S/C25H23ClN4O3/c26-20-8-6-17(7-9-20)25(33)30-14-2-4-19(16-30)24(32)29-22-5-1-3-18(15-22)23(31)28-21-10-12-27-13-11-21/h1,3,5-13,15,19H,2,4,14,16H2,(H,29,32)(H,27,28,31). The fraction of sp³-hybridized carbons (Fsp3) is 0.200. The van der Waals surface area contributed by atoms with Gasteiger partial charge >= 0.3 is 0 Å². The van der Waals surface area contributed by atoms with E-state index in [9.17, 15) is 14.4 Å². The summed E-state index contributed by atoms with van der Waals surface area (Å²) in [6, 6.07) is 16.9. The molecular weight excluding hydrogens is 440 g/mol. The number of benzene rings is 2. The van der Waals surface area contributed by atoms with Gasteiger partial charge in [0.25, 0.3) is 11.8 Å². The van der Waals surface area contributed by atoms with Gasteiger partial charge in [0, 0.05) is 53.0 Å². The van der Waals surface area contributed by atoms with Crippen LogP contribution in [0.2, 0.25) is 5.02 Å². The van der Waals surface area contributed by atoms with E-state index in [1.54, 1.807) is 78.0 Å². The van der Waals surface area contributed by atoms with Gasteiger partial charge in [-0.3, -0.25) is 19.4 Å². The molecule has 0 saturated carbocycles. The van der Waals surface area contributed by atoms with E-state index < -0.39 is 0 Å². The minimum atomic E-state index is -0.329. The first-order valence-electron chi connectivity index (χ1n) is 10.7. The number of carbonyl (C=O) groups is 3. The van der Waals surface area contributed by atoms with Gasteiger partial charge < -0.3 is 15.5 Å². The van der Waals surface area contributed by atoms with Crippen LogP contribution in [-0.2, 0) is 4.79 Å². The van der Waals surface area contributed by atoms with Crippen LogP contribution in [0.15, 0.2) is 73.1 Å². The highest BCUT2D eigenvalue weighted by Crippen LogP contribution is 2.22. The molecule has 3 amide bonds. The Bertz CT molecular complexity index is 1150. The van der Waals surface area contributed by atoms with Gasteiger partial charge in [-0.15, -0.1) is 0 Å². The van der Waals surface area contributed by atoms with E-state index in [0.717, 1.165) is 6.42 Å². The predicted octanol–water partition coefficient (Wildman–Crippen LogP) is 4.48. The van der Waals surface area contributed by atoms with E-state index >= 15 is 0 Å². The SMILES string of the molecule is O=C(Nc1ccncc1)c1cccc(NC(=O)C2CCCN(C(=O)c3ccc(Cl)cc3)C2)c1. The van der Waals surface area contributed by atoms with Gasteiger partial charge in [-0.2, -0.15) is 0 Å². The molecule has 2 heterocycles. The van der Waals surface area contributed by atoms with Crippen LogP contribution in [0.1, 0.15) is 33.6 Å². The second-order valence-corrected chi connectivity index (χ2v) is 8.29. The summed E-state index contributed by atoms with van der Waals surface area (Å²) in [5.41, 5.74) is 2.14. The molecule has 1 saturated heterocycles. The summed E-state index contributed by atoms with van der Waals surface area (Å²) < 4.78 is 0. The zero-order valence-corrected chi connectivity index (χ0v) is 18.6. The van der Waals surface area contributed by atoms with Gasteiger partial charge in [-0.25, -0.2) is 0 Å². The number of halogens is 1. The lowest BCUT2D eigenvalue weighted by atomic mass is 9.96. The number of hydrogen-bond donors (Lipinski definition) is 2. The van der Waals surface area contributed by atoms with Crippen molar-refractivity contribution in [2.75, 3.05) is 23.7 Å². The van der Waals surface area contributed by atoms with Crippen molar-refractivity contribution in [3.8, 4) is 0 Å². The van der Waals surface area contributed by atoms with E-state index in [-0.39, 0.29) is 23.6 Å². The summed E-state index contributed by atoms with van der Waals surface area (Å²) in [6.45, 7) is 0.950. The molecule has 0 spiro atoms. The van der Waals surface area contributed by atoms with Crippen LogP contribution in [0.25, 0.3) is 0 Å². The molecule has 1 aliphatic heterocycles. The number of anilines is 2. The molecule has 3 aromatic rings. The highest BCUT2D eigenvalue weighted by atomic mass is 35.5. The lowest BCUT2D eigenvalue weighted by molar-refractivity contribution is -0.121. The minimum Gasteiger partial charge on any atom is -0.338 e. The number of carbonyl (C=O) groups excluding carboxylic acids is 3. The maximum atomic E-state index is 12.9. The van der Waals surface area contributed by atoms with Crippen LogP contribution in [-0.4, -0.2) is 40.7 Å². The Balaban J connectivity index is 1.38. The molecule has 2 aromatic carbocycles. The second kappa shape index (κ2) is 10.3. The van der Waals surface area contributed by atoms with Crippen molar-refractivity contribution < 1.29 is 14.4 Å². The van der Waals surface area contributed by atoms with Gasteiger partial charge in [0.05, 0.1) is 5.92 Å². The smallest absolute Gasteiger partial charge is 0.255 e. The number of piperidine rings is 1. The number of pyridine rings is 1. The monoisotopic (exact) mass is 462 g/mol. The van der Waals surface area contributed by atoms with Crippen LogP contribution < -0.4 is 10.6 Å². The van der Waals surface area contributed by atoms with E-state index in [0.29, 0.717) is 47.0 Å². The Morgan fingerprint density at radius 3 is 2.42 bits per heavy atom. The van der Waals surface area contributed by atoms with Gasteiger partial charge in [-0.05, 0) is 67.4 Å². The van der Waals surface area contributed by atoms with Crippen molar-refractivity contribution in [2.45, 2.75) is 12.8 Å². The van der Waals surface area contributed by atoms with Crippen LogP contribution >= 0.6 is 11.6 Å². The molecule has 0 aliphatic carbocycles.